The second-order valence-corrected chi connectivity index (χ2v) is 4.62. The summed E-state index contributed by atoms with van der Waals surface area (Å²) in [6, 6.07) is 5.88. The molecule has 0 bridgehead atoms. The summed E-state index contributed by atoms with van der Waals surface area (Å²) >= 11 is 0. The molecule has 1 heterocycles. The fourth-order valence-electron chi connectivity index (χ4n) is 2.01. The summed E-state index contributed by atoms with van der Waals surface area (Å²) < 4.78 is 5.20. The highest BCUT2D eigenvalue weighted by atomic mass is 16.6. The number of aromatic carboxylic acids is 1. The molecule has 2 rings (SSSR count). The summed E-state index contributed by atoms with van der Waals surface area (Å²) in [7, 11) is 1.77. The Morgan fingerprint density at radius 2 is 2.14 bits per heavy atom. The third-order valence-electron chi connectivity index (χ3n) is 3.22. The van der Waals surface area contributed by atoms with Gasteiger partial charge in [-0.05, 0) is 25.1 Å². The maximum atomic E-state index is 11.0. The summed E-state index contributed by atoms with van der Waals surface area (Å²) in [4.78, 5) is 23.1. The van der Waals surface area contributed by atoms with Gasteiger partial charge in [-0.15, -0.1) is 0 Å². The lowest BCUT2D eigenvalue weighted by atomic mass is 10.1. The van der Waals surface area contributed by atoms with Crippen LogP contribution in [0.4, 0.5) is 11.4 Å². The van der Waals surface area contributed by atoms with Crippen molar-refractivity contribution >= 4 is 17.3 Å². The number of nitrogens with zero attached hydrogens (tertiary/aromatic N) is 2. The molecule has 0 aliphatic rings. The van der Waals surface area contributed by atoms with Crippen molar-refractivity contribution in [2.24, 2.45) is 0 Å². The predicted molar refractivity (Wildman–Crippen MR) is 75.6 cm³/mol. The van der Waals surface area contributed by atoms with Crippen molar-refractivity contribution in [3.8, 4) is 0 Å². The Kier molecular flexibility index (Phi) is 3.93. The Morgan fingerprint density at radius 3 is 2.67 bits per heavy atom. The van der Waals surface area contributed by atoms with Crippen LogP contribution in [0.15, 0.2) is 34.9 Å². The van der Waals surface area contributed by atoms with Crippen molar-refractivity contribution in [1.29, 1.82) is 0 Å². The molecule has 0 amide bonds. The monoisotopic (exact) mass is 290 g/mol. The van der Waals surface area contributed by atoms with Crippen LogP contribution in [0, 0.1) is 17.0 Å². The predicted octanol–water partition coefficient (Wildman–Crippen LogP) is 2.83. The average Bonchev–Trinajstić information content (AvgIpc) is 2.83. The molecule has 0 fully saturated rings. The minimum absolute atomic E-state index is 0.323. The average molecular weight is 290 g/mol. The number of hydrogen-bond donors (Lipinski definition) is 1. The van der Waals surface area contributed by atoms with E-state index in [9.17, 15) is 14.9 Å². The van der Waals surface area contributed by atoms with Crippen molar-refractivity contribution < 1.29 is 19.2 Å². The van der Waals surface area contributed by atoms with E-state index in [0.717, 1.165) is 11.3 Å². The molecule has 0 radical (unpaired) electrons. The molecule has 1 aromatic heterocycles. The van der Waals surface area contributed by atoms with Gasteiger partial charge in [-0.3, -0.25) is 10.1 Å². The van der Waals surface area contributed by atoms with E-state index in [4.69, 9.17) is 9.52 Å². The molecule has 0 aliphatic carbocycles. The zero-order valence-corrected chi connectivity index (χ0v) is 11.6. The summed E-state index contributed by atoms with van der Waals surface area (Å²) in [5.74, 6) is -0.542. The first-order valence-electron chi connectivity index (χ1n) is 6.16. The molecule has 2 aromatic rings. The van der Waals surface area contributed by atoms with Crippen molar-refractivity contribution in [3.05, 3.63) is 57.5 Å². The molecule has 7 heteroatoms. The largest absolute Gasteiger partial charge is 0.477 e. The Labute approximate surface area is 120 Å². The SMILES string of the molecule is Cc1occc1CN(C)c1ccc(C(=O)O)c([N+](=O)[O-])c1. The lowest BCUT2D eigenvalue weighted by Gasteiger charge is -2.19. The third kappa shape index (κ3) is 3.02. The van der Waals surface area contributed by atoms with E-state index in [1.807, 2.05) is 13.0 Å². The van der Waals surface area contributed by atoms with Crippen LogP contribution in [0.3, 0.4) is 0 Å². The van der Waals surface area contributed by atoms with E-state index in [0.29, 0.717) is 12.2 Å². The lowest BCUT2D eigenvalue weighted by molar-refractivity contribution is -0.385. The van der Waals surface area contributed by atoms with Crippen LogP contribution < -0.4 is 4.90 Å². The molecule has 21 heavy (non-hydrogen) atoms. The Bertz CT molecular complexity index is 692. The summed E-state index contributed by atoms with van der Waals surface area (Å²) in [6.45, 7) is 2.34. The van der Waals surface area contributed by atoms with Gasteiger partial charge in [0.2, 0.25) is 0 Å². The molecule has 110 valence electrons. The summed E-state index contributed by atoms with van der Waals surface area (Å²) in [6.07, 6.45) is 1.58. The van der Waals surface area contributed by atoms with Crippen LogP contribution >= 0.6 is 0 Å². The second kappa shape index (κ2) is 5.66. The number of furan rings is 1. The third-order valence-corrected chi connectivity index (χ3v) is 3.22. The minimum Gasteiger partial charge on any atom is -0.477 e. The van der Waals surface area contributed by atoms with Crippen LogP contribution in [-0.4, -0.2) is 23.0 Å². The highest BCUT2D eigenvalue weighted by Gasteiger charge is 2.21. The number of nitro benzene ring substituents is 1. The van der Waals surface area contributed by atoms with E-state index >= 15 is 0 Å². The fourth-order valence-corrected chi connectivity index (χ4v) is 2.01. The van der Waals surface area contributed by atoms with Crippen LogP contribution in [0.2, 0.25) is 0 Å². The maximum Gasteiger partial charge on any atom is 0.342 e. The topological polar surface area (TPSA) is 96.8 Å². The van der Waals surface area contributed by atoms with Gasteiger partial charge < -0.3 is 14.4 Å². The van der Waals surface area contributed by atoms with Crippen molar-refractivity contribution in [2.45, 2.75) is 13.5 Å². The standard InChI is InChI=1S/C14H14N2O5/c1-9-10(5-6-21-9)8-15(2)11-3-4-12(14(17)18)13(7-11)16(19)20/h3-7H,8H2,1-2H3,(H,17,18). The second-order valence-electron chi connectivity index (χ2n) is 4.62. The minimum atomic E-state index is -1.32. The quantitative estimate of drug-likeness (QED) is 0.671. The number of carboxylic acid groups (broad SMARTS) is 1. The Morgan fingerprint density at radius 1 is 1.43 bits per heavy atom. The first kappa shape index (κ1) is 14.6. The molecule has 0 aliphatic heterocycles. The molecule has 0 saturated heterocycles. The zero-order valence-electron chi connectivity index (χ0n) is 11.6. The first-order valence-corrected chi connectivity index (χ1v) is 6.16. The van der Waals surface area contributed by atoms with E-state index < -0.39 is 16.6 Å². The van der Waals surface area contributed by atoms with Gasteiger partial charge in [0.05, 0.1) is 11.2 Å². The lowest BCUT2D eigenvalue weighted by Crippen LogP contribution is -2.17. The normalized spacial score (nSPS) is 10.4. The zero-order chi connectivity index (χ0) is 15.6. The van der Waals surface area contributed by atoms with E-state index in [2.05, 4.69) is 0 Å². The molecule has 0 spiro atoms. The Balaban J connectivity index is 2.32. The van der Waals surface area contributed by atoms with Crippen molar-refractivity contribution in [1.82, 2.24) is 0 Å². The molecule has 0 atom stereocenters. The number of anilines is 1. The number of benzene rings is 1. The molecular weight excluding hydrogens is 276 g/mol. The van der Waals surface area contributed by atoms with Gasteiger partial charge in [0.25, 0.3) is 5.69 Å². The van der Waals surface area contributed by atoms with Gasteiger partial charge in [-0.1, -0.05) is 0 Å². The maximum absolute atomic E-state index is 11.0. The summed E-state index contributed by atoms with van der Waals surface area (Å²) in [5, 5.41) is 19.9. The van der Waals surface area contributed by atoms with E-state index in [1.165, 1.54) is 12.1 Å². The number of carboxylic acids is 1. The number of rotatable bonds is 5. The van der Waals surface area contributed by atoms with Crippen molar-refractivity contribution in [3.63, 3.8) is 0 Å². The van der Waals surface area contributed by atoms with Gasteiger partial charge in [-0.25, -0.2) is 4.79 Å². The number of nitro groups is 1. The van der Waals surface area contributed by atoms with E-state index in [-0.39, 0.29) is 5.56 Å². The Hall–Kier alpha value is -2.83. The summed E-state index contributed by atoms with van der Waals surface area (Å²) in [5.41, 5.74) is 0.780. The molecular formula is C14H14N2O5. The fraction of sp³-hybridized carbons (Fsp3) is 0.214. The smallest absolute Gasteiger partial charge is 0.342 e. The highest BCUT2D eigenvalue weighted by molar-refractivity contribution is 5.93. The van der Waals surface area contributed by atoms with Gasteiger partial charge in [0.1, 0.15) is 11.3 Å². The number of aryl methyl sites for hydroxylation is 1. The van der Waals surface area contributed by atoms with Crippen LogP contribution in [0.25, 0.3) is 0 Å². The van der Waals surface area contributed by atoms with Crippen LogP contribution in [-0.2, 0) is 6.54 Å². The van der Waals surface area contributed by atoms with Gasteiger partial charge in [-0.2, -0.15) is 0 Å². The van der Waals surface area contributed by atoms with Crippen molar-refractivity contribution in [2.75, 3.05) is 11.9 Å². The molecule has 0 saturated carbocycles. The molecule has 1 aromatic carbocycles. The van der Waals surface area contributed by atoms with E-state index in [1.54, 1.807) is 24.3 Å². The van der Waals surface area contributed by atoms with Gasteiger partial charge in [0.15, 0.2) is 0 Å². The van der Waals surface area contributed by atoms with Crippen LogP contribution in [0.1, 0.15) is 21.7 Å². The molecule has 7 nitrogen and oxygen atoms in total. The molecule has 1 N–H and O–H groups in total. The van der Waals surface area contributed by atoms with Gasteiger partial charge >= 0.3 is 5.97 Å². The van der Waals surface area contributed by atoms with Crippen LogP contribution in [0.5, 0.6) is 0 Å². The van der Waals surface area contributed by atoms with Gasteiger partial charge in [0, 0.05) is 30.9 Å². The number of carbonyl (C=O) groups is 1. The first-order chi connectivity index (χ1) is 9.90. The molecule has 0 unspecified atom stereocenters. The number of hydrogen-bond acceptors (Lipinski definition) is 5. The highest BCUT2D eigenvalue weighted by Crippen LogP contribution is 2.26.